The van der Waals surface area contributed by atoms with E-state index >= 15 is 0 Å². The van der Waals surface area contributed by atoms with Gasteiger partial charge in [0, 0.05) is 24.0 Å². The third-order valence-corrected chi connectivity index (χ3v) is 5.44. The summed E-state index contributed by atoms with van der Waals surface area (Å²) in [7, 11) is 0. The number of rotatable bonds is 5. The number of urea groups is 1. The van der Waals surface area contributed by atoms with E-state index in [0.717, 1.165) is 11.6 Å². The number of aliphatic hydroxyl groups excluding tert-OH is 1. The van der Waals surface area contributed by atoms with Crippen molar-refractivity contribution >= 4 is 16.9 Å². The second-order valence-electron chi connectivity index (χ2n) is 7.80. The molecule has 0 aliphatic heterocycles. The smallest absolute Gasteiger partial charge is 0.315 e. The average Bonchev–Trinajstić information content (AvgIpc) is 3.02. The topological polar surface area (TPSA) is 77.2 Å². The molecule has 2 aromatic carbocycles. The van der Waals surface area contributed by atoms with Crippen LogP contribution in [-0.4, -0.2) is 34.8 Å². The molecule has 5 nitrogen and oxygen atoms in total. The first-order valence-electron chi connectivity index (χ1n) is 9.80. The van der Waals surface area contributed by atoms with Crippen LogP contribution >= 0.6 is 0 Å². The minimum absolute atomic E-state index is 0.0259. The van der Waals surface area contributed by atoms with Crippen LogP contribution in [0, 0.1) is 17.5 Å². The van der Waals surface area contributed by atoms with Crippen LogP contribution in [0.1, 0.15) is 31.2 Å². The van der Waals surface area contributed by atoms with E-state index < -0.39 is 17.7 Å². The lowest BCUT2D eigenvalue weighted by atomic mass is 9.74. The Morgan fingerprint density at radius 1 is 1.17 bits per heavy atom. The summed E-state index contributed by atoms with van der Waals surface area (Å²) in [5.74, 6) is -1.77. The summed E-state index contributed by atoms with van der Waals surface area (Å²) in [6.45, 7) is 1.73. The lowest BCUT2D eigenvalue weighted by Gasteiger charge is -2.36. The minimum atomic E-state index is -0.689. The zero-order valence-corrected chi connectivity index (χ0v) is 16.3. The molecule has 4 N–H and O–H groups in total. The van der Waals surface area contributed by atoms with Gasteiger partial charge in [0.15, 0.2) is 0 Å². The van der Waals surface area contributed by atoms with Crippen LogP contribution < -0.4 is 10.6 Å². The highest BCUT2D eigenvalue weighted by molar-refractivity contribution is 5.92. The number of aromatic nitrogens is 1. The zero-order chi connectivity index (χ0) is 21.4. The van der Waals surface area contributed by atoms with Crippen LogP contribution in [0.2, 0.25) is 0 Å². The van der Waals surface area contributed by atoms with Crippen molar-refractivity contribution in [2.45, 2.75) is 37.8 Å². The number of hydrogen-bond acceptors (Lipinski definition) is 2. The van der Waals surface area contributed by atoms with Crippen molar-refractivity contribution in [2.24, 2.45) is 0 Å². The standard InChI is InChI=1S/C22H22F3N3O2/c1-11(29)10-26-22(30)27-16-6-13(7-16)19-17-8-15(24)9-18(25)21(17)28-20(19)12-2-4-14(23)5-3-12/h2-5,8-9,11,13,16,28-29H,6-7,10H2,1H3,(H2,26,27,30)/t11-,13?,16?/m1/s1. The van der Waals surface area contributed by atoms with Crippen molar-refractivity contribution in [1.29, 1.82) is 0 Å². The third kappa shape index (κ3) is 4.00. The summed E-state index contributed by atoms with van der Waals surface area (Å²) < 4.78 is 41.7. The van der Waals surface area contributed by atoms with Crippen LogP contribution in [-0.2, 0) is 0 Å². The second kappa shape index (κ2) is 8.02. The fraction of sp³-hybridized carbons (Fsp3) is 0.318. The Morgan fingerprint density at radius 3 is 2.53 bits per heavy atom. The van der Waals surface area contributed by atoms with Crippen molar-refractivity contribution in [3.63, 3.8) is 0 Å². The molecule has 158 valence electrons. The summed E-state index contributed by atoms with van der Waals surface area (Å²) >= 11 is 0. The SMILES string of the molecule is C[C@@H](O)CNC(=O)NC1CC(c2c(-c3ccc(F)cc3)[nH]c3c(F)cc(F)cc23)C1. The van der Waals surface area contributed by atoms with E-state index in [-0.39, 0.29) is 35.9 Å². The van der Waals surface area contributed by atoms with Crippen molar-refractivity contribution in [3.8, 4) is 11.3 Å². The van der Waals surface area contributed by atoms with E-state index in [2.05, 4.69) is 15.6 Å². The number of amides is 2. The monoisotopic (exact) mass is 417 g/mol. The number of fused-ring (bicyclic) bond motifs is 1. The van der Waals surface area contributed by atoms with Crippen LogP contribution in [0.4, 0.5) is 18.0 Å². The Morgan fingerprint density at radius 2 is 1.87 bits per heavy atom. The maximum Gasteiger partial charge on any atom is 0.315 e. The Balaban J connectivity index is 1.61. The van der Waals surface area contributed by atoms with Gasteiger partial charge < -0.3 is 20.7 Å². The van der Waals surface area contributed by atoms with Crippen LogP contribution in [0.15, 0.2) is 36.4 Å². The first-order chi connectivity index (χ1) is 14.3. The first kappa shape index (κ1) is 20.3. The van der Waals surface area contributed by atoms with Crippen molar-refractivity contribution in [1.82, 2.24) is 15.6 Å². The fourth-order valence-corrected chi connectivity index (χ4v) is 3.96. The minimum Gasteiger partial charge on any atom is -0.392 e. The summed E-state index contributed by atoms with van der Waals surface area (Å²) in [6.07, 6.45) is 0.558. The summed E-state index contributed by atoms with van der Waals surface area (Å²) in [4.78, 5) is 14.9. The number of aromatic amines is 1. The molecule has 1 heterocycles. The largest absolute Gasteiger partial charge is 0.392 e. The van der Waals surface area contributed by atoms with Gasteiger partial charge in [-0.1, -0.05) is 0 Å². The number of hydrogen-bond donors (Lipinski definition) is 4. The number of carbonyl (C=O) groups excluding carboxylic acids is 1. The molecule has 1 aliphatic rings. The fourth-order valence-electron chi connectivity index (χ4n) is 3.96. The van der Waals surface area contributed by atoms with Gasteiger partial charge in [0.1, 0.15) is 17.5 Å². The molecule has 3 aromatic rings. The van der Waals surface area contributed by atoms with Crippen molar-refractivity contribution in [2.75, 3.05) is 6.54 Å². The quantitative estimate of drug-likeness (QED) is 0.503. The summed E-state index contributed by atoms with van der Waals surface area (Å²) in [5.41, 5.74) is 2.26. The number of benzene rings is 2. The molecule has 1 atom stereocenters. The molecule has 1 aromatic heterocycles. The predicted octanol–water partition coefficient (Wildman–Crippen LogP) is 4.18. The molecule has 0 unspecified atom stereocenters. The molecule has 8 heteroatoms. The lowest BCUT2D eigenvalue weighted by molar-refractivity contribution is 0.183. The molecular weight excluding hydrogens is 395 g/mol. The van der Waals surface area contributed by atoms with Gasteiger partial charge in [-0.15, -0.1) is 0 Å². The van der Waals surface area contributed by atoms with E-state index in [0.29, 0.717) is 29.5 Å². The van der Waals surface area contributed by atoms with Gasteiger partial charge in [0.05, 0.1) is 17.3 Å². The van der Waals surface area contributed by atoms with Crippen molar-refractivity contribution in [3.05, 3.63) is 59.4 Å². The van der Waals surface area contributed by atoms with Crippen LogP contribution in [0.3, 0.4) is 0 Å². The van der Waals surface area contributed by atoms with E-state index in [4.69, 9.17) is 0 Å². The van der Waals surface area contributed by atoms with Gasteiger partial charge in [-0.25, -0.2) is 18.0 Å². The van der Waals surface area contributed by atoms with Crippen molar-refractivity contribution < 1.29 is 23.1 Å². The van der Waals surface area contributed by atoms with Crippen LogP contribution in [0.25, 0.3) is 22.2 Å². The summed E-state index contributed by atoms with van der Waals surface area (Å²) in [6, 6.07) is 7.49. The van der Waals surface area contributed by atoms with Gasteiger partial charge in [-0.2, -0.15) is 0 Å². The predicted molar refractivity (Wildman–Crippen MR) is 108 cm³/mol. The van der Waals surface area contributed by atoms with Gasteiger partial charge in [-0.05, 0) is 67.1 Å². The molecule has 1 saturated carbocycles. The van der Waals surface area contributed by atoms with E-state index in [1.54, 1.807) is 19.1 Å². The third-order valence-electron chi connectivity index (χ3n) is 5.44. The maximum atomic E-state index is 14.4. The van der Waals surface area contributed by atoms with Crippen LogP contribution in [0.5, 0.6) is 0 Å². The zero-order valence-electron chi connectivity index (χ0n) is 16.3. The second-order valence-corrected chi connectivity index (χ2v) is 7.80. The highest BCUT2D eigenvalue weighted by Gasteiger charge is 2.35. The maximum absolute atomic E-state index is 14.4. The Hall–Kier alpha value is -3.00. The van der Waals surface area contributed by atoms with E-state index in [9.17, 15) is 23.1 Å². The highest BCUT2D eigenvalue weighted by atomic mass is 19.1. The number of nitrogens with one attached hydrogen (secondary N) is 3. The highest BCUT2D eigenvalue weighted by Crippen LogP contribution is 2.45. The molecule has 0 bridgehead atoms. The number of halogens is 3. The normalized spacial score (nSPS) is 19.4. The van der Waals surface area contributed by atoms with Gasteiger partial charge in [-0.3, -0.25) is 0 Å². The molecule has 4 rings (SSSR count). The summed E-state index contributed by atoms with van der Waals surface area (Å²) in [5, 5.41) is 15.1. The molecule has 0 spiro atoms. The molecule has 0 saturated heterocycles. The lowest BCUT2D eigenvalue weighted by Crippen LogP contribution is -2.48. The van der Waals surface area contributed by atoms with Gasteiger partial charge in [0.2, 0.25) is 0 Å². The van der Waals surface area contributed by atoms with Gasteiger partial charge in [0.25, 0.3) is 0 Å². The Labute approximate surface area is 171 Å². The van der Waals surface area contributed by atoms with Gasteiger partial charge >= 0.3 is 6.03 Å². The molecule has 1 aliphatic carbocycles. The Kier molecular flexibility index (Phi) is 5.42. The Bertz CT molecular complexity index is 1070. The number of aliphatic hydroxyl groups is 1. The first-order valence-corrected chi connectivity index (χ1v) is 9.80. The molecule has 0 radical (unpaired) electrons. The number of H-pyrrole nitrogens is 1. The number of carbonyl (C=O) groups is 1. The van der Waals surface area contributed by atoms with E-state index in [1.165, 1.54) is 18.2 Å². The molecule has 1 fully saturated rings. The molecule has 30 heavy (non-hydrogen) atoms. The average molecular weight is 417 g/mol. The van der Waals surface area contributed by atoms with E-state index in [1.807, 2.05) is 0 Å². The molecular formula is C22H22F3N3O2. The molecule has 2 amide bonds.